The molecule has 3 atom stereocenters. The van der Waals surface area contributed by atoms with Gasteiger partial charge in [-0.1, -0.05) is 20.8 Å². The molecule has 1 aliphatic rings. The van der Waals surface area contributed by atoms with E-state index >= 15 is 0 Å². The Balaban J connectivity index is 2.51. The fourth-order valence-corrected chi connectivity index (χ4v) is 2.19. The van der Waals surface area contributed by atoms with Gasteiger partial charge in [0, 0.05) is 25.0 Å². The summed E-state index contributed by atoms with van der Waals surface area (Å²) in [5, 5.41) is 0. The molecule has 0 aromatic rings. The Labute approximate surface area is 99.4 Å². The first kappa shape index (κ1) is 13.5. The Morgan fingerprint density at radius 3 is 2.56 bits per heavy atom. The van der Waals surface area contributed by atoms with Gasteiger partial charge in [-0.25, -0.2) is 0 Å². The SMILES string of the molecule is CC1CCC(C)N(C(=O)CC(N)C(C)C)C1. The van der Waals surface area contributed by atoms with Gasteiger partial charge in [-0.05, 0) is 31.6 Å². The highest BCUT2D eigenvalue weighted by molar-refractivity contribution is 5.77. The highest BCUT2D eigenvalue weighted by atomic mass is 16.2. The summed E-state index contributed by atoms with van der Waals surface area (Å²) in [6.45, 7) is 9.41. The van der Waals surface area contributed by atoms with Crippen LogP contribution in [-0.2, 0) is 4.79 Å². The Morgan fingerprint density at radius 1 is 1.38 bits per heavy atom. The Kier molecular flexibility index (Phi) is 4.78. The molecule has 1 aliphatic heterocycles. The molecule has 1 rings (SSSR count). The maximum atomic E-state index is 12.1. The normalized spacial score (nSPS) is 28.2. The summed E-state index contributed by atoms with van der Waals surface area (Å²) < 4.78 is 0. The van der Waals surface area contributed by atoms with Crippen LogP contribution in [0, 0.1) is 11.8 Å². The summed E-state index contributed by atoms with van der Waals surface area (Å²) in [5.74, 6) is 1.25. The summed E-state index contributed by atoms with van der Waals surface area (Å²) in [5.41, 5.74) is 5.96. The van der Waals surface area contributed by atoms with Crippen molar-refractivity contribution in [2.24, 2.45) is 17.6 Å². The van der Waals surface area contributed by atoms with Crippen LogP contribution in [-0.4, -0.2) is 29.4 Å². The molecule has 3 nitrogen and oxygen atoms in total. The smallest absolute Gasteiger partial charge is 0.224 e. The summed E-state index contributed by atoms with van der Waals surface area (Å²) in [6, 6.07) is 0.389. The lowest BCUT2D eigenvalue weighted by Crippen LogP contribution is -2.47. The summed E-state index contributed by atoms with van der Waals surface area (Å²) in [6.07, 6.45) is 2.86. The van der Waals surface area contributed by atoms with Gasteiger partial charge < -0.3 is 10.6 Å². The molecule has 0 radical (unpaired) electrons. The molecule has 2 N–H and O–H groups in total. The van der Waals surface area contributed by atoms with Crippen LogP contribution in [0.4, 0.5) is 0 Å². The van der Waals surface area contributed by atoms with E-state index in [2.05, 4.69) is 27.7 Å². The van der Waals surface area contributed by atoms with Crippen LogP contribution in [0.3, 0.4) is 0 Å². The number of nitrogens with zero attached hydrogens (tertiary/aromatic N) is 1. The van der Waals surface area contributed by atoms with E-state index in [1.807, 2.05) is 4.90 Å². The van der Waals surface area contributed by atoms with E-state index in [1.165, 1.54) is 6.42 Å². The van der Waals surface area contributed by atoms with Gasteiger partial charge >= 0.3 is 0 Å². The molecule has 1 saturated heterocycles. The van der Waals surface area contributed by atoms with Crippen molar-refractivity contribution in [3.8, 4) is 0 Å². The second-order valence-electron chi connectivity index (χ2n) is 5.69. The number of piperidine rings is 1. The Morgan fingerprint density at radius 2 is 2.00 bits per heavy atom. The molecular formula is C13H26N2O. The van der Waals surface area contributed by atoms with Crippen LogP contribution in [0.15, 0.2) is 0 Å². The van der Waals surface area contributed by atoms with E-state index in [9.17, 15) is 4.79 Å². The van der Waals surface area contributed by atoms with Crippen LogP contribution in [0.1, 0.15) is 47.0 Å². The molecule has 3 unspecified atom stereocenters. The van der Waals surface area contributed by atoms with Gasteiger partial charge in [0.25, 0.3) is 0 Å². The van der Waals surface area contributed by atoms with E-state index < -0.39 is 0 Å². The maximum absolute atomic E-state index is 12.1. The number of nitrogens with two attached hydrogens (primary N) is 1. The van der Waals surface area contributed by atoms with Crippen LogP contribution >= 0.6 is 0 Å². The first-order valence-electron chi connectivity index (χ1n) is 6.46. The summed E-state index contributed by atoms with van der Waals surface area (Å²) in [4.78, 5) is 14.1. The third-order valence-corrected chi connectivity index (χ3v) is 3.70. The minimum atomic E-state index is -0.00284. The zero-order chi connectivity index (χ0) is 12.3. The molecule has 1 amide bonds. The summed E-state index contributed by atoms with van der Waals surface area (Å²) >= 11 is 0. The van der Waals surface area contributed by atoms with E-state index in [1.54, 1.807) is 0 Å². The predicted octanol–water partition coefficient (Wildman–Crippen LogP) is 2.01. The van der Waals surface area contributed by atoms with Crippen molar-refractivity contribution in [1.82, 2.24) is 4.90 Å². The van der Waals surface area contributed by atoms with Crippen molar-refractivity contribution in [2.75, 3.05) is 6.54 Å². The number of carbonyl (C=O) groups is 1. The van der Waals surface area contributed by atoms with Crippen molar-refractivity contribution in [3.05, 3.63) is 0 Å². The average molecular weight is 226 g/mol. The molecule has 0 aromatic heterocycles. The van der Waals surface area contributed by atoms with Crippen molar-refractivity contribution < 1.29 is 4.79 Å². The molecule has 0 spiro atoms. The zero-order valence-electron chi connectivity index (χ0n) is 11.1. The average Bonchev–Trinajstić information content (AvgIpc) is 2.21. The van der Waals surface area contributed by atoms with E-state index in [-0.39, 0.29) is 11.9 Å². The van der Waals surface area contributed by atoms with E-state index in [4.69, 9.17) is 5.73 Å². The van der Waals surface area contributed by atoms with Gasteiger partial charge in [-0.15, -0.1) is 0 Å². The van der Waals surface area contributed by atoms with Crippen molar-refractivity contribution in [2.45, 2.75) is 59.0 Å². The van der Waals surface area contributed by atoms with Crippen LogP contribution in [0.25, 0.3) is 0 Å². The van der Waals surface area contributed by atoms with Gasteiger partial charge in [-0.2, -0.15) is 0 Å². The van der Waals surface area contributed by atoms with Gasteiger partial charge in [0.15, 0.2) is 0 Å². The third kappa shape index (κ3) is 3.48. The number of hydrogen-bond acceptors (Lipinski definition) is 2. The lowest BCUT2D eigenvalue weighted by Gasteiger charge is -2.37. The minimum absolute atomic E-state index is 0.00284. The largest absolute Gasteiger partial charge is 0.340 e. The van der Waals surface area contributed by atoms with E-state index in [0.29, 0.717) is 24.3 Å². The fourth-order valence-electron chi connectivity index (χ4n) is 2.19. The second kappa shape index (κ2) is 5.67. The first-order chi connectivity index (χ1) is 7.41. The van der Waals surface area contributed by atoms with Crippen molar-refractivity contribution >= 4 is 5.91 Å². The van der Waals surface area contributed by atoms with Gasteiger partial charge in [0.1, 0.15) is 0 Å². The van der Waals surface area contributed by atoms with Crippen LogP contribution in [0.5, 0.6) is 0 Å². The number of carbonyl (C=O) groups excluding carboxylic acids is 1. The Bertz CT molecular complexity index is 240. The summed E-state index contributed by atoms with van der Waals surface area (Å²) in [7, 11) is 0. The maximum Gasteiger partial charge on any atom is 0.224 e. The minimum Gasteiger partial charge on any atom is -0.340 e. The number of rotatable bonds is 3. The number of likely N-dealkylation sites (tertiary alicyclic amines) is 1. The lowest BCUT2D eigenvalue weighted by molar-refractivity contribution is -0.136. The van der Waals surface area contributed by atoms with Gasteiger partial charge in [0.05, 0.1) is 0 Å². The van der Waals surface area contributed by atoms with Crippen LogP contribution in [0.2, 0.25) is 0 Å². The molecular weight excluding hydrogens is 200 g/mol. The van der Waals surface area contributed by atoms with Gasteiger partial charge in [-0.3, -0.25) is 4.79 Å². The number of hydrogen-bond donors (Lipinski definition) is 1. The van der Waals surface area contributed by atoms with Crippen molar-refractivity contribution in [1.29, 1.82) is 0 Å². The molecule has 16 heavy (non-hydrogen) atoms. The second-order valence-corrected chi connectivity index (χ2v) is 5.69. The van der Waals surface area contributed by atoms with Gasteiger partial charge in [0.2, 0.25) is 5.91 Å². The molecule has 1 heterocycles. The predicted molar refractivity (Wildman–Crippen MR) is 67.0 cm³/mol. The molecule has 0 saturated carbocycles. The molecule has 0 bridgehead atoms. The highest BCUT2D eigenvalue weighted by Gasteiger charge is 2.27. The Hall–Kier alpha value is -0.570. The lowest BCUT2D eigenvalue weighted by atomic mass is 9.93. The van der Waals surface area contributed by atoms with Crippen molar-refractivity contribution in [3.63, 3.8) is 0 Å². The molecule has 3 heteroatoms. The third-order valence-electron chi connectivity index (χ3n) is 3.70. The highest BCUT2D eigenvalue weighted by Crippen LogP contribution is 2.22. The fraction of sp³-hybridized carbons (Fsp3) is 0.923. The monoisotopic (exact) mass is 226 g/mol. The standard InChI is InChI=1S/C13H26N2O/c1-9(2)12(14)7-13(16)15-8-10(3)5-6-11(15)4/h9-12H,5-8,14H2,1-4H3. The molecule has 94 valence electrons. The van der Waals surface area contributed by atoms with Crippen LogP contribution < -0.4 is 5.73 Å². The number of amides is 1. The zero-order valence-corrected chi connectivity index (χ0v) is 11.1. The topological polar surface area (TPSA) is 46.3 Å². The molecule has 0 aliphatic carbocycles. The molecule has 0 aromatic carbocycles. The quantitative estimate of drug-likeness (QED) is 0.800. The van der Waals surface area contributed by atoms with E-state index in [0.717, 1.165) is 13.0 Å². The molecule has 1 fully saturated rings. The first-order valence-corrected chi connectivity index (χ1v) is 6.46.